The quantitative estimate of drug-likeness (QED) is 0.859. The van der Waals surface area contributed by atoms with E-state index in [4.69, 9.17) is 0 Å². The van der Waals surface area contributed by atoms with Gasteiger partial charge >= 0.3 is 0 Å². The minimum Gasteiger partial charge on any atom is -0.388 e. The number of carbonyl (C=O) groups is 1. The van der Waals surface area contributed by atoms with E-state index in [1.54, 1.807) is 11.3 Å². The van der Waals surface area contributed by atoms with Gasteiger partial charge in [0, 0.05) is 6.54 Å². The van der Waals surface area contributed by atoms with Crippen LogP contribution in [0.1, 0.15) is 29.2 Å². The van der Waals surface area contributed by atoms with Gasteiger partial charge in [-0.2, -0.15) is 11.3 Å². The lowest BCUT2D eigenvalue weighted by Crippen LogP contribution is -2.27. The van der Waals surface area contributed by atoms with Gasteiger partial charge in [-0.15, -0.1) is 0 Å². The van der Waals surface area contributed by atoms with Crippen molar-refractivity contribution in [1.82, 2.24) is 5.32 Å². The van der Waals surface area contributed by atoms with E-state index >= 15 is 0 Å². The summed E-state index contributed by atoms with van der Waals surface area (Å²) < 4.78 is 0. The number of hydrogen-bond donors (Lipinski definition) is 2. The summed E-state index contributed by atoms with van der Waals surface area (Å²) in [5.41, 5.74) is 3.09. The Bertz CT molecular complexity index is 551. The number of nitrogens with one attached hydrogen (secondary N) is 1. The predicted octanol–water partition coefficient (Wildman–Crippen LogP) is 2.84. The average Bonchev–Trinajstić information content (AvgIpc) is 2.92. The molecule has 1 atom stereocenters. The number of aliphatic hydroxyl groups is 1. The maximum Gasteiger partial charge on any atom is 0.224 e. The molecule has 2 aromatic rings. The van der Waals surface area contributed by atoms with Gasteiger partial charge in [-0.3, -0.25) is 4.79 Å². The second-order valence-corrected chi connectivity index (χ2v) is 5.66. The number of thiophene rings is 1. The van der Waals surface area contributed by atoms with E-state index in [-0.39, 0.29) is 5.91 Å². The van der Waals surface area contributed by atoms with Crippen LogP contribution in [0.2, 0.25) is 0 Å². The molecule has 2 N–H and O–H groups in total. The van der Waals surface area contributed by atoms with Gasteiger partial charge in [-0.05, 0) is 41.3 Å². The first-order valence-corrected chi connectivity index (χ1v) is 7.62. The van der Waals surface area contributed by atoms with E-state index in [1.165, 1.54) is 0 Å². The van der Waals surface area contributed by atoms with Crippen molar-refractivity contribution in [1.29, 1.82) is 0 Å². The first-order valence-electron chi connectivity index (χ1n) is 6.67. The lowest BCUT2D eigenvalue weighted by molar-refractivity contribution is -0.120. The maximum atomic E-state index is 11.8. The summed E-state index contributed by atoms with van der Waals surface area (Å²) in [7, 11) is 0. The Balaban J connectivity index is 1.73. The van der Waals surface area contributed by atoms with Crippen molar-refractivity contribution in [2.45, 2.75) is 25.9 Å². The summed E-state index contributed by atoms with van der Waals surface area (Å²) in [5, 5.41) is 16.6. The highest BCUT2D eigenvalue weighted by Gasteiger charge is 2.09. The average molecular weight is 289 g/mol. The van der Waals surface area contributed by atoms with E-state index in [0.717, 1.165) is 16.7 Å². The fourth-order valence-corrected chi connectivity index (χ4v) is 2.76. The number of benzene rings is 1. The molecule has 1 unspecified atom stereocenters. The van der Waals surface area contributed by atoms with Crippen LogP contribution in [0.4, 0.5) is 0 Å². The minimum absolute atomic E-state index is 0.00637. The van der Waals surface area contributed by atoms with Crippen molar-refractivity contribution in [2.75, 3.05) is 6.54 Å². The van der Waals surface area contributed by atoms with Crippen LogP contribution in [0.3, 0.4) is 0 Å². The first-order chi connectivity index (χ1) is 9.65. The molecule has 1 amide bonds. The minimum atomic E-state index is -0.500. The molecule has 20 heavy (non-hydrogen) atoms. The second kappa shape index (κ2) is 7.22. The van der Waals surface area contributed by atoms with Gasteiger partial charge in [0.15, 0.2) is 0 Å². The molecule has 1 aromatic carbocycles. The molecule has 4 heteroatoms. The molecule has 1 heterocycles. The fraction of sp³-hybridized carbons (Fsp3) is 0.312. The molecule has 0 saturated heterocycles. The van der Waals surface area contributed by atoms with Gasteiger partial charge in [-0.25, -0.2) is 0 Å². The highest BCUT2D eigenvalue weighted by Crippen LogP contribution is 2.18. The standard InChI is InChI=1S/C16H19NO2S/c1-12-3-2-4-13(9-12)10-16(19)17-7-5-15(18)14-6-8-20-11-14/h2-4,6,8-9,11,15,18H,5,7,10H2,1H3,(H,17,19). The zero-order chi connectivity index (χ0) is 14.4. The van der Waals surface area contributed by atoms with Crippen LogP contribution < -0.4 is 5.32 Å². The molecule has 0 aliphatic carbocycles. The summed E-state index contributed by atoms with van der Waals surface area (Å²) in [6.07, 6.45) is 0.424. The van der Waals surface area contributed by atoms with Crippen LogP contribution in [0.25, 0.3) is 0 Å². The van der Waals surface area contributed by atoms with Crippen LogP contribution in [0.15, 0.2) is 41.1 Å². The third-order valence-electron chi connectivity index (χ3n) is 3.12. The van der Waals surface area contributed by atoms with Crippen LogP contribution in [0.5, 0.6) is 0 Å². The maximum absolute atomic E-state index is 11.8. The zero-order valence-corrected chi connectivity index (χ0v) is 12.3. The SMILES string of the molecule is Cc1cccc(CC(=O)NCCC(O)c2ccsc2)c1. The lowest BCUT2D eigenvalue weighted by Gasteiger charge is -2.10. The Morgan fingerprint density at radius 2 is 2.25 bits per heavy atom. The highest BCUT2D eigenvalue weighted by molar-refractivity contribution is 7.07. The number of hydrogen-bond acceptors (Lipinski definition) is 3. The molecule has 106 valence electrons. The molecule has 0 fully saturated rings. The molecule has 3 nitrogen and oxygen atoms in total. The molecule has 1 aromatic heterocycles. The predicted molar refractivity (Wildman–Crippen MR) is 81.8 cm³/mol. The summed E-state index contributed by atoms with van der Waals surface area (Å²) >= 11 is 1.56. The lowest BCUT2D eigenvalue weighted by atomic mass is 10.1. The molecular weight excluding hydrogens is 270 g/mol. The van der Waals surface area contributed by atoms with Crippen molar-refractivity contribution < 1.29 is 9.90 Å². The summed E-state index contributed by atoms with van der Waals surface area (Å²) in [6.45, 7) is 2.50. The normalized spacial score (nSPS) is 12.1. The number of aryl methyl sites for hydroxylation is 1. The smallest absolute Gasteiger partial charge is 0.224 e. The molecule has 0 bridgehead atoms. The number of rotatable bonds is 6. The van der Waals surface area contributed by atoms with Gasteiger partial charge in [0.2, 0.25) is 5.91 Å². The van der Waals surface area contributed by atoms with Crippen LogP contribution in [-0.4, -0.2) is 17.6 Å². The first kappa shape index (κ1) is 14.8. The summed E-state index contributed by atoms with van der Waals surface area (Å²) in [5.74, 6) is -0.00637. The monoisotopic (exact) mass is 289 g/mol. The molecule has 0 saturated carbocycles. The van der Waals surface area contributed by atoms with E-state index in [0.29, 0.717) is 19.4 Å². The summed E-state index contributed by atoms with van der Waals surface area (Å²) in [6, 6.07) is 9.84. The van der Waals surface area contributed by atoms with Crippen molar-refractivity contribution in [2.24, 2.45) is 0 Å². The molecule has 0 radical (unpaired) electrons. The number of carbonyl (C=O) groups excluding carboxylic acids is 1. The van der Waals surface area contributed by atoms with Gasteiger partial charge in [0.25, 0.3) is 0 Å². The summed E-state index contributed by atoms with van der Waals surface area (Å²) in [4.78, 5) is 11.8. The molecular formula is C16H19NO2S. The largest absolute Gasteiger partial charge is 0.388 e. The van der Waals surface area contributed by atoms with Crippen molar-refractivity contribution in [3.63, 3.8) is 0 Å². The third kappa shape index (κ3) is 4.47. The Morgan fingerprint density at radius 3 is 2.95 bits per heavy atom. The Labute approximate surface area is 123 Å². The van der Waals surface area contributed by atoms with Crippen LogP contribution in [0, 0.1) is 6.92 Å². The van der Waals surface area contributed by atoms with Crippen LogP contribution in [-0.2, 0) is 11.2 Å². The van der Waals surface area contributed by atoms with Crippen molar-refractivity contribution in [3.8, 4) is 0 Å². The number of aliphatic hydroxyl groups excluding tert-OH is 1. The Morgan fingerprint density at radius 1 is 1.40 bits per heavy atom. The molecule has 2 rings (SSSR count). The van der Waals surface area contributed by atoms with Crippen LogP contribution >= 0.6 is 11.3 Å². The van der Waals surface area contributed by atoms with E-state index in [1.807, 2.05) is 48.0 Å². The van der Waals surface area contributed by atoms with E-state index < -0.39 is 6.10 Å². The van der Waals surface area contributed by atoms with Gasteiger partial charge in [0.05, 0.1) is 12.5 Å². The topological polar surface area (TPSA) is 49.3 Å². The fourth-order valence-electron chi connectivity index (χ4n) is 2.05. The van der Waals surface area contributed by atoms with Crippen molar-refractivity contribution in [3.05, 3.63) is 57.8 Å². The molecule has 0 aliphatic rings. The van der Waals surface area contributed by atoms with E-state index in [9.17, 15) is 9.90 Å². The Hall–Kier alpha value is -1.65. The van der Waals surface area contributed by atoms with Gasteiger partial charge < -0.3 is 10.4 Å². The van der Waals surface area contributed by atoms with Gasteiger partial charge in [0.1, 0.15) is 0 Å². The molecule has 0 spiro atoms. The molecule has 0 aliphatic heterocycles. The third-order valence-corrected chi connectivity index (χ3v) is 3.82. The number of amides is 1. The second-order valence-electron chi connectivity index (χ2n) is 4.88. The zero-order valence-electron chi connectivity index (χ0n) is 11.5. The van der Waals surface area contributed by atoms with E-state index in [2.05, 4.69) is 5.32 Å². The highest BCUT2D eigenvalue weighted by atomic mass is 32.1. The van der Waals surface area contributed by atoms with Gasteiger partial charge in [-0.1, -0.05) is 29.8 Å². The Kier molecular flexibility index (Phi) is 5.32. The van der Waals surface area contributed by atoms with Crippen molar-refractivity contribution >= 4 is 17.2 Å².